The van der Waals surface area contributed by atoms with Crippen molar-refractivity contribution in [1.82, 2.24) is 5.32 Å². The van der Waals surface area contributed by atoms with Crippen LogP contribution in [-0.4, -0.2) is 18.9 Å². The standard InChI is InChI=1S/C15H14FN3O2/c1-18-15(21)10-4-2-3-5-13(10)19-14(20)9-6-7-12(17)11(16)8-9/h2-8H,17H2,1H3,(H,18,21)(H,19,20). The van der Waals surface area contributed by atoms with Crippen molar-refractivity contribution in [2.75, 3.05) is 18.1 Å². The third-order valence-corrected chi connectivity index (χ3v) is 2.91. The van der Waals surface area contributed by atoms with Gasteiger partial charge in [0.1, 0.15) is 5.82 Å². The molecule has 2 rings (SSSR count). The number of benzene rings is 2. The summed E-state index contributed by atoms with van der Waals surface area (Å²) in [5, 5.41) is 5.07. The Balaban J connectivity index is 2.27. The first-order valence-corrected chi connectivity index (χ1v) is 6.20. The van der Waals surface area contributed by atoms with E-state index in [1.165, 1.54) is 19.2 Å². The van der Waals surface area contributed by atoms with Crippen molar-refractivity contribution in [2.24, 2.45) is 0 Å². The number of para-hydroxylation sites is 1. The summed E-state index contributed by atoms with van der Waals surface area (Å²) in [7, 11) is 1.50. The van der Waals surface area contributed by atoms with E-state index in [9.17, 15) is 14.0 Å². The highest BCUT2D eigenvalue weighted by Gasteiger charge is 2.13. The van der Waals surface area contributed by atoms with Gasteiger partial charge in [-0.25, -0.2) is 4.39 Å². The van der Waals surface area contributed by atoms with Crippen LogP contribution in [0.15, 0.2) is 42.5 Å². The number of halogens is 1. The quantitative estimate of drug-likeness (QED) is 0.755. The second-order valence-corrected chi connectivity index (χ2v) is 4.32. The van der Waals surface area contributed by atoms with Crippen molar-refractivity contribution in [1.29, 1.82) is 0 Å². The maximum Gasteiger partial charge on any atom is 0.255 e. The Morgan fingerprint density at radius 2 is 1.81 bits per heavy atom. The third kappa shape index (κ3) is 3.17. The van der Waals surface area contributed by atoms with Crippen LogP contribution in [0.5, 0.6) is 0 Å². The summed E-state index contributed by atoms with van der Waals surface area (Å²) in [4.78, 5) is 23.8. The van der Waals surface area contributed by atoms with Gasteiger partial charge >= 0.3 is 0 Å². The van der Waals surface area contributed by atoms with Gasteiger partial charge in [-0.3, -0.25) is 9.59 Å². The van der Waals surface area contributed by atoms with Gasteiger partial charge in [-0.15, -0.1) is 0 Å². The molecule has 0 saturated carbocycles. The summed E-state index contributed by atoms with van der Waals surface area (Å²) >= 11 is 0. The lowest BCUT2D eigenvalue weighted by molar-refractivity contribution is 0.0964. The molecule has 0 fully saturated rings. The summed E-state index contributed by atoms with van der Waals surface area (Å²) in [6, 6.07) is 10.3. The number of amides is 2. The molecule has 0 unspecified atom stereocenters. The van der Waals surface area contributed by atoms with E-state index in [1.54, 1.807) is 24.3 Å². The van der Waals surface area contributed by atoms with Crippen molar-refractivity contribution in [3.63, 3.8) is 0 Å². The fourth-order valence-electron chi connectivity index (χ4n) is 1.79. The fourth-order valence-corrected chi connectivity index (χ4v) is 1.79. The van der Waals surface area contributed by atoms with Gasteiger partial charge in [0.25, 0.3) is 11.8 Å². The SMILES string of the molecule is CNC(=O)c1ccccc1NC(=O)c1ccc(N)c(F)c1. The first-order chi connectivity index (χ1) is 10.0. The van der Waals surface area contributed by atoms with Crippen molar-refractivity contribution in [2.45, 2.75) is 0 Å². The highest BCUT2D eigenvalue weighted by atomic mass is 19.1. The zero-order valence-electron chi connectivity index (χ0n) is 11.3. The Kier molecular flexibility index (Phi) is 4.18. The van der Waals surface area contributed by atoms with Gasteiger partial charge in [-0.05, 0) is 30.3 Å². The Morgan fingerprint density at radius 3 is 2.48 bits per heavy atom. The van der Waals surface area contributed by atoms with Crippen LogP contribution < -0.4 is 16.4 Å². The predicted octanol–water partition coefficient (Wildman–Crippen LogP) is 2.02. The Hall–Kier alpha value is -2.89. The van der Waals surface area contributed by atoms with Crippen LogP contribution in [0.25, 0.3) is 0 Å². The largest absolute Gasteiger partial charge is 0.396 e. The molecule has 0 aliphatic carbocycles. The number of carbonyl (C=O) groups is 2. The monoisotopic (exact) mass is 287 g/mol. The lowest BCUT2D eigenvalue weighted by Gasteiger charge is -2.10. The molecule has 2 aromatic carbocycles. The van der Waals surface area contributed by atoms with Crippen molar-refractivity contribution in [3.8, 4) is 0 Å². The maximum absolute atomic E-state index is 13.4. The molecule has 0 aliphatic heterocycles. The molecule has 0 spiro atoms. The zero-order valence-corrected chi connectivity index (χ0v) is 11.3. The molecule has 0 radical (unpaired) electrons. The van der Waals surface area contributed by atoms with E-state index in [2.05, 4.69) is 10.6 Å². The van der Waals surface area contributed by atoms with Gasteiger partial charge in [-0.2, -0.15) is 0 Å². The first kappa shape index (κ1) is 14.5. The van der Waals surface area contributed by atoms with E-state index in [0.29, 0.717) is 11.3 Å². The van der Waals surface area contributed by atoms with Crippen LogP contribution in [0.2, 0.25) is 0 Å². The number of nitrogens with one attached hydrogen (secondary N) is 2. The van der Waals surface area contributed by atoms with Crippen LogP contribution in [0.1, 0.15) is 20.7 Å². The molecule has 2 amide bonds. The fraction of sp³-hybridized carbons (Fsp3) is 0.0667. The smallest absolute Gasteiger partial charge is 0.255 e. The average Bonchev–Trinajstić information content (AvgIpc) is 2.49. The number of hydrogen-bond donors (Lipinski definition) is 3. The number of anilines is 2. The van der Waals surface area contributed by atoms with Gasteiger partial charge in [0.05, 0.1) is 16.9 Å². The minimum atomic E-state index is -0.665. The van der Waals surface area contributed by atoms with E-state index in [0.717, 1.165) is 6.07 Å². The van der Waals surface area contributed by atoms with Crippen LogP contribution in [0.3, 0.4) is 0 Å². The average molecular weight is 287 g/mol. The molecule has 0 aliphatic rings. The highest BCUT2D eigenvalue weighted by Crippen LogP contribution is 2.17. The van der Waals surface area contributed by atoms with Crippen molar-refractivity contribution < 1.29 is 14.0 Å². The van der Waals surface area contributed by atoms with Crippen LogP contribution in [0, 0.1) is 5.82 Å². The molecule has 6 heteroatoms. The molecule has 2 aromatic rings. The van der Waals surface area contributed by atoms with Gasteiger partial charge in [0, 0.05) is 12.6 Å². The molecule has 0 atom stereocenters. The summed E-state index contributed by atoms with van der Waals surface area (Å²) < 4.78 is 13.4. The highest BCUT2D eigenvalue weighted by molar-refractivity contribution is 6.09. The predicted molar refractivity (Wildman–Crippen MR) is 78.6 cm³/mol. The molecule has 21 heavy (non-hydrogen) atoms. The molecular weight excluding hydrogens is 273 g/mol. The molecule has 0 heterocycles. The molecular formula is C15H14FN3O2. The summed E-state index contributed by atoms with van der Waals surface area (Å²) in [5.74, 6) is -1.51. The maximum atomic E-state index is 13.4. The number of nitrogen functional groups attached to an aromatic ring is 1. The lowest BCUT2D eigenvalue weighted by Crippen LogP contribution is -2.21. The van der Waals surface area contributed by atoms with E-state index in [1.807, 2.05) is 0 Å². The Labute approximate surface area is 121 Å². The lowest BCUT2D eigenvalue weighted by atomic mass is 10.1. The second kappa shape index (κ2) is 6.04. The normalized spacial score (nSPS) is 10.0. The van der Waals surface area contributed by atoms with E-state index in [-0.39, 0.29) is 17.2 Å². The minimum absolute atomic E-state index is 0.0303. The number of carbonyl (C=O) groups excluding carboxylic acids is 2. The molecule has 0 saturated heterocycles. The molecule has 0 aromatic heterocycles. The van der Waals surface area contributed by atoms with Crippen LogP contribution in [0.4, 0.5) is 15.8 Å². The molecule has 108 valence electrons. The summed E-state index contributed by atoms with van der Waals surface area (Å²) in [6.07, 6.45) is 0. The molecule has 4 N–H and O–H groups in total. The van der Waals surface area contributed by atoms with E-state index < -0.39 is 11.7 Å². The molecule has 5 nitrogen and oxygen atoms in total. The Bertz CT molecular complexity index is 701. The van der Waals surface area contributed by atoms with E-state index in [4.69, 9.17) is 5.73 Å². The number of nitrogens with two attached hydrogens (primary N) is 1. The number of hydrogen-bond acceptors (Lipinski definition) is 3. The van der Waals surface area contributed by atoms with Gasteiger partial charge in [-0.1, -0.05) is 12.1 Å². The van der Waals surface area contributed by atoms with Crippen molar-refractivity contribution >= 4 is 23.2 Å². The van der Waals surface area contributed by atoms with Gasteiger partial charge < -0.3 is 16.4 Å². The third-order valence-electron chi connectivity index (χ3n) is 2.91. The summed E-state index contributed by atoms with van der Waals surface area (Å²) in [6.45, 7) is 0. The Morgan fingerprint density at radius 1 is 1.10 bits per heavy atom. The van der Waals surface area contributed by atoms with Crippen LogP contribution in [-0.2, 0) is 0 Å². The first-order valence-electron chi connectivity index (χ1n) is 6.20. The van der Waals surface area contributed by atoms with Crippen molar-refractivity contribution in [3.05, 3.63) is 59.4 Å². The summed E-state index contributed by atoms with van der Waals surface area (Å²) in [5.41, 5.74) is 6.12. The van der Waals surface area contributed by atoms with Crippen LogP contribution >= 0.6 is 0 Å². The zero-order chi connectivity index (χ0) is 15.4. The second-order valence-electron chi connectivity index (χ2n) is 4.32. The van der Waals surface area contributed by atoms with Gasteiger partial charge in [0.15, 0.2) is 0 Å². The minimum Gasteiger partial charge on any atom is -0.396 e. The van der Waals surface area contributed by atoms with E-state index >= 15 is 0 Å². The topological polar surface area (TPSA) is 84.2 Å². The van der Waals surface area contributed by atoms with Gasteiger partial charge in [0.2, 0.25) is 0 Å². The number of rotatable bonds is 3. The molecule has 0 bridgehead atoms.